The third-order valence-corrected chi connectivity index (χ3v) is 9.34. The molecule has 0 aromatic heterocycles. The number of aliphatic hydroxyl groups is 2. The quantitative estimate of drug-likeness (QED) is 0.198. The first-order valence-electron chi connectivity index (χ1n) is 15.9. The Balaban J connectivity index is 1.50. The number of hydrogen-bond acceptors (Lipinski definition) is 3. The van der Waals surface area contributed by atoms with E-state index in [0.717, 1.165) is 19.3 Å². The maximum atomic E-state index is 10.2. The van der Waals surface area contributed by atoms with Crippen LogP contribution in [0.25, 0.3) is 0 Å². The Bertz CT molecular complexity index is 1330. The minimum absolute atomic E-state index is 0.00262. The Kier molecular flexibility index (Phi) is 11.3. The molecule has 0 unspecified atom stereocenters. The molecule has 0 aromatic carbocycles. The fraction of sp³-hybridized carbons (Fsp3) is 0.500. The third-order valence-electron chi connectivity index (χ3n) is 9.34. The van der Waals surface area contributed by atoms with Crippen LogP contribution in [0.15, 0.2) is 119 Å². The lowest BCUT2D eigenvalue weighted by Gasteiger charge is -2.39. The lowest BCUT2D eigenvalue weighted by Crippen LogP contribution is -2.46. The molecule has 0 amide bonds. The van der Waals surface area contributed by atoms with Crippen LogP contribution in [0.1, 0.15) is 94.9 Å². The number of fused-ring (bicyclic) bond motifs is 1. The summed E-state index contributed by atoms with van der Waals surface area (Å²) >= 11 is 0. The van der Waals surface area contributed by atoms with Gasteiger partial charge in [-0.3, -0.25) is 0 Å². The summed E-state index contributed by atoms with van der Waals surface area (Å²) in [6.45, 7) is 21.5. The van der Waals surface area contributed by atoms with E-state index in [1.54, 1.807) is 0 Å². The van der Waals surface area contributed by atoms with Crippen molar-refractivity contribution in [2.45, 2.75) is 118 Å². The molecule has 1 heterocycles. The van der Waals surface area contributed by atoms with E-state index in [4.69, 9.17) is 4.74 Å². The molecule has 1 saturated carbocycles. The van der Waals surface area contributed by atoms with E-state index in [9.17, 15) is 10.2 Å². The van der Waals surface area contributed by atoms with Gasteiger partial charge in [0.15, 0.2) is 0 Å². The highest BCUT2D eigenvalue weighted by molar-refractivity contribution is 5.39. The van der Waals surface area contributed by atoms with Gasteiger partial charge in [0.2, 0.25) is 0 Å². The first-order chi connectivity index (χ1) is 20.0. The van der Waals surface area contributed by atoms with E-state index in [0.29, 0.717) is 6.42 Å². The lowest BCUT2D eigenvalue weighted by molar-refractivity contribution is 0.0515. The van der Waals surface area contributed by atoms with Gasteiger partial charge in [-0.25, -0.2) is 0 Å². The van der Waals surface area contributed by atoms with Crippen molar-refractivity contribution >= 4 is 0 Å². The standard InChI is InChI=1S/C40H56O3/c1-29(17-13-19-31(3)21-22-36-33(5)25-34(41)26-37(36,6)7)15-11-12-16-30(2)18-14-20-32(4)23-24-40-38(8,9)27-35(42)28-39(40,10)43-40/h11-24,34-35,41-42H,25-28H2,1-10H3/b12-11+,17-13-,18-14-,22-21+,24-23+,29-15+,30-16+,31-19-,32-20-/t34-,35+,39-,40+/m1/s1. The summed E-state index contributed by atoms with van der Waals surface area (Å²) in [5.74, 6) is 0. The normalized spacial score (nSPS) is 32.3. The van der Waals surface area contributed by atoms with Gasteiger partial charge in [-0.2, -0.15) is 0 Å². The highest BCUT2D eigenvalue weighted by Crippen LogP contribution is 2.66. The molecule has 0 bridgehead atoms. The zero-order chi connectivity index (χ0) is 32.1. The summed E-state index contributed by atoms with van der Waals surface area (Å²) in [7, 11) is 0. The largest absolute Gasteiger partial charge is 0.393 e. The van der Waals surface area contributed by atoms with E-state index < -0.39 is 0 Å². The summed E-state index contributed by atoms with van der Waals surface area (Å²) < 4.78 is 6.25. The fourth-order valence-electron chi connectivity index (χ4n) is 7.06. The molecule has 2 fully saturated rings. The summed E-state index contributed by atoms with van der Waals surface area (Å²) in [4.78, 5) is 0. The number of hydrogen-bond donors (Lipinski definition) is 2. The van der Waals surface area contributed by atoms with Crippen molar-refractivity contribution in [2.75, 3.05) is 0 Å². The molecule has 3 heteroatoms. The average molecular weight is 585 g/mol. The van der Waals surface area contributed by atoms with Crippen molar-refractivity contribution in [3.05, 3.63) is 119 Å². The van der Waals surface area contributed by atoms with Crippen molar-refractivity contribution < 1.29 is 14.9 Å². The number of aliphatic hydroxyl groups excluding tert-OH is 2. The minimum atomic E-state index is -0.291. The first-order valence-corrected chi connectivity index (χ1v) is 15.9. The van der Waals surface area contributed by atoms with Crippen LogP contribution in [0.4, 0.5) is 0 Å². The Hall–Kier alpha value is -2.72. The molecule has 2 aliphatic carbocycles. The van der Waals surface area contributed by atoms with Crippen molar-refractivity contribution in [3.8, 4) is 0 Å². The highest BCUT2D eigenvalue weighted by atomic mass is 16.6. The molecule has 2 N–H and O–H groups in total. The van der Waals surface area contributed by atoms with Gasteiger partial charge < -0.3 is 14.9 Å². The molecule has 3 aliphatic rings. The molecular formula is C40H56O3. The maximum Gasteiger partial charge on any atom is 0.121 e. The molecule has 4 atom stereocenters. The molecule has 234 valence electrons. The van der Waals surface area contributed by atoms with E-state index in [1.165, 1.54) is 33.4 Å². The summed E-state index contributed by atoms with van der Waals surface area (Å²) in [6.07, 6.45) is 32.3. The predicted octanol–water partition coefficient (Wildman–Crippen LogP) is 9.76. The van der Waals surface area contributed by atoms with Crippen LogP contribution in [-0.2, 0) is 4.74 Å². The fourth-order valence-corrected chi connectivity index (χ4v) is 7.06. The first kappa shape index (κ1) is 34.8. The molecule has 43 heavy (non-hydrogen) atoms. The Labute approximate surface area is 262 Å². The SMILES string of the molecule is CC1=C(/C=C/C(C)=C\C=C/C(C)=C/C=C/C=C(C)/C=C\C=C(C)/C=C/[C@@]23O[C@]2(C)C[C@@H](O)CC3(C)C)C(C)(C)C[C@H](O)C1. The average Bonchev–Trinajstić information content (AvgIpc) is 3.49. The summed E-state index contributed by atoms with van der Waals surface area (Å²) in [6, 6.07) is 0. The van der Waals surface area contributed by atoms with E-state index in [-0.39, 0.29) is 34.2 Å². The topological polar surface area (TPSA) is 53.0 Å². The van der Waals surface area contributed by atoms with Gasteiger partial charge in [0, 0.05) is 11.8 Å². The number of rotatable bonds is 10. The maximum absolute atomic E-state index is 10.2. The second-order valence-electron chi connectivity index (χ2n) is 14.6. The van der Waals surface area contributed by atoms with Gasteiger partial charge in [0.1, 0.15) is 11.2 Å². The van der Waals surface area contributed by atoms with E-state index in [1.807, 2.05) is 0 Å². The third kappa shape index (κ3) is 8.91. The van der Waals surface area contributed by atoms with Crippen LogP contribution in [0.5, 0.6) is 0 Å². The van der Waals surface area contributed by atoms with Gasteiger partial charge in [-0.15, -0.1) is 0 Å². The molecule has 0 aromatic rings. The number of ether oxygens (including phenoxy) is 1. The van der Waals surface area contributed by atoms with Gasteiger partial charge in [0.05, 0.1) is 12.2 Å². The van der Waals surface area contributed by atoms with Crippen LogP contribution >= 0.6 is 0 Å². The second kappa shape index (κ2) is 13.9. The van der Waals surface area contributed by atoms with Crippen LogP contribution < -0.4 is 0 Å². The molecule has 1 aliphatic heterocycles. The highest BCUT2D eigenvalue weighted by Gasteiger charge is 2.74. The van der Waals surface area contributed by atoms with Gasteiger partial charge in [-0.1, -0.05) is 135 Å². The number of epoxide rings is 1. The molecular weight excluding hydrogens is 528 g/mol. The Morgan fingerprint density at radius 3 is 1.72 bits per heavy atom. The molecule has 3 rings (SSSR count). The summed E-state index contributed by atoms with van der Waals surface area (Å²) in [5.41, 5.74) is 6.71. The molecule has 0 spiro atoms. The predicted molar refractivity (Wildman–Crippen MR) is 184 cm³/mol. The van der Waals surface area contributed by atoms with Crippen molar-refractivity contribution in [1.82, 2.24) is 0 Å². The number of allylic oxidation sites excluding steroid dienone is 18. The molecule has 3 nitrogen and oxygen atoms in total. The van der Waals surface area contributed by atoms with Gasteiger partial charge in [-0.05, 0) is 77.9 Å². The Morgan fingerprint density at radius 1 is 0.674 bits per heavy atom. The molecule has 1 saturated heterocycles. The van der Waals surface area contributed by atoms with E-state index in [2.05, 4.69) is 154 Å². The second-order valence-corrected chi connectivity index (χ2v) is 14.6. The van der Waals surface area contributed by atoms with Crippen LogP contribution in [0.3, 0.4) is 0 Å². The van der Waals surface area contributed by atoms with Gasteiger partial charge >= 0.3 is 0 Å². The van der Waals surface area contributed by atoms with Crippen molar-refractivity contribution in [1.29, 1.82) is 0 Å². The van der Waals surface area contributed by atoms with Crippen LogP contribution in [0, 0.1) is 10.8 Å². The van der Waals surface area contributed by atoms with Gasteiger partial charge in [0.25, 0.3) is 0 Å². The van der Waals surface area contributed by atoms with Crippen molar-refractivity contribution in [2.24, 2.45) is 10.8 Å². The van der Waals surface area contributed by atoms with Crippen LogP contribution in [-0.4, -0.2) is 33.6 Å². The lowest BCUT2D eigenvalue weighted by atomic mass is 9.63. The zero-order valence-electron chi connectivity index (χ0n) is 28.4. The molecule has 0 radical (unpaired) electrons. The zero-order valence-corrected chi connectivity index (χ0v) is 28.4. The smallest absolute Gasteiger partial charge is 0.121 e. The van der Waals surface area contributed by atoms with E-state index >= 15 is 0 Å². The minimum Gasteiger partial charge on any atom is -0.393 e. The monoisotopic (exact) mass is 584 g/mol. The summed E-state index contributed by atoms with van der Waals surface area (Å²) in [5, 5.41) is 20.4. The Morgan fingerprint density at radius 2 is 1.19 bits per heavy atom. The van der Waals surface area contributed by atoms with Crippen molar-refractivity contribution in [3.63, 3.8) is 0 Å². The van der Waals surface area contributed by atoms with Crippen LogP contribution in [0.2, 0.25) is 0 Å².